The third-order valence-corrected chi connectivity index (χ3v) is 6.32. The van der Waals surface area contributed by atoms with Crippen LogP contribution >= 0.6 is 11.6 Å². The van der Waals surface area contributed by atoms with Crippen LogP contribution in [0, 0.1) is 0 Å². The van der Waals surface area contributed by atoms with Crippen molar-refractivity contribution in [1.82, 2.24) is 4.90 Å². The Balaban J connectivity index is 1.88. The summed E-state index contributed by atoms with van der Waals surface area (Å²) < 4.78 is 5.56. The number of hydrogen-bond donors (Lipinski definition) is 1. The summed E-state index contributed by atoms with van der Waals surface area (Å²) in [4.78, 5) is 39.5. The number of carboxylic acid groups (broad SMARTS) is 1. The number of ketones is 2. The lowest BCUT2D eigenvalue weighted by atomic mass is 9.71. The van der Waals surface area contributed by atoms with Crippen LogP contribution in [0.15, 0.2) is 53.4 Å². The molecule has 2 aliphatic carbocycles. The average Bonchev–Trinajstić information content (AvgIpc) is 2.73. The van der Waals surface area contributed by atoms with Gasteiger partial charge in [-0.05, 0) is 43.4 Å². The number of hydrogen-bond acceptors (Lipinski definition) is 5. The topological polar surface area (TPSA) is 83.9 Å². The Kier molecular flexibility index (Phi) is 6.01. The van der Waals surface area contributed by atoms with Gasteiger partial charge in [0.15, 0.2) is 11.6 Å². The molecule has 31 heavy (non-hydrogen) atoms. The van der Waals surface area contributed by atoms with Gasteiger partial charge in [0.1, 0.15) is 18.9 Å². The number of nitrogens with zero attached hydrogens (tertiary/aromatic N) is 1. The van der Waals surface area contributed by atoms with Gasteiger partial charge in [-0.1, -0.05) is 30.3 Å². The van der Waals surface area contributed by atoms with Crippen LogP contribution in [0.2, 0.25) is 5.02 Å². The summed E-state index contributed by atoms with van der Waals surface area (Å²) in [6.45, 7) is 3.69. The minimum Gasteiger partial charge on any atom is -0.488 e. The highest BCUT2D eigenvalue weighted by Crippen LogP contribution is 2.49. The van der Waals surface area contributed by atoms with E-state index in [4.69, 9.17) is 16.3 Å². The zero-order valence-electron chi connectivity index (χ0n) is 17.2. The molecule has 0 atom stereocenters. The molecule has 0 bridgehead atoms. The molecular formula is C24H24ClNO5. The molecule has 4 rings (SSSR count). The van der Waals surface area contributed by atoms with Gasteiger partial charge < -0.3 is 14.7 Å². The highest BCUT2D eigenvalue weighted by molar-refractivity contribution is 6.32. The largest absolute Gasteiger partial charge is 0.488 e. The fraction of sp³-hybridized carbons (Fsp3) is 0.375. The smallest absolute Gasteiger partial charge is 0.323 e. The Bertz CT molecular complexity index is 994. The minimum absolute atomic E-state index is 0.0327. The molecule has 7 heteroatoms. The third-order valence-electron chi connectivity index (χ3n) is 6.03. The molecule has 1 aromatic rings. The van der Waals surface area contributed by atoms with Gasteiger partial charge in [0.25, 0.3) is 0 Å². The quantitative estimate of drug-likeness (QED) is 0.658. The lowest BCUT2D eigenvalue weighted by molar-refractivity contribution is -0.138. The second kappa shape index (κ2) is 8.71. The normalized spacial score (nSPS) is 19.3. The second-order valence-electron chi connectivity index (χ2n) is 7.98. The molecule has 0 unspecified atom stereocenters. The van der Waals surface area contributed by atoms with Crippen molar-refractivity contribution >= 4 is 29.1 Å². The van der Waals surface area contributed by atoms with Crippen LogP contribution in [0.1, 0.15) is 50.0 Å². The standard InChI is InChI=1S/C24H24ClNO5/c1-2-11-31-20-10-9-14(12-15(20)25)22-23-16(5-3-7-18(23)27)26(13-21(29)30)17-6-4-8-19(28)24(17)22/h2,9-10,12,22H,1,3-8,11,13H2,(H,29,30). The number of benzene rings is 1. The Labute approximate surface area is 185 Å². The Morgan fingerprint density at radius 2 is 1.74 bits per heavy atom. The zero-order chi connectivity index (χ0) is 22.1. The van der Waals surface area contributed by atoms with Crippen molar-refractivity contribution in [3.8, 4) is 5.75 Å². The summed E-state index contributed by atoms with van der Waals surface area (Å²) in [5.41, 5.74) is 3.30. The van der Waals surface area contributed by atoms with E-state index >= 15 is 0 Å². The summed E-state index contributed by atoms with van der Waals surface area (Å²) in [6, 6.07) is 5.32. The van der Waals surface area contributed by atoms with Gasteiger partial charge >= 0.3 is 5.97 Å². The van der Waals surface area contributed by atoms with E-state index in [1.807, 2.05) is 6.07 Å². The first kappa shape index (κ1) is 21.4. The summed E-state index contributed by atoms with van der Waals surface area (Å²) in [6.07, 6.45) is 4.98. The molecule has 0 saturated carbocycles. The molecule has 1 heterocycles. The molecule has 0 saturated heterocycles. The van der Waals surface area contributed by atoms with Gasteiger partial charge in [-0.25, -0.2) is 0 Å². The van der Waals surface area contributed by atoms with E-state index < -0.39 is 11.9 Å². The van der Waals surface area contributed by atoms with Crippen LogP contribution in [-0.2, 0) is 14.4 Å². The monoisotopic (exact) mass is 441 g/mol. The number of halogens is 1. The molecule has 162 valence electrons. The molecule has 0 amide bonds. The fourth-order valence-electron chi connectivity index (χ4n) is 4.84. The molecule has 6 nitrogen and oxygen atoms in total. The van der Waals surface area contributed by atoms with Crippen LogP contribution in [0.25, 0.3) is 0 Å². The number of rotatable bonds is 6. The third kappa shape index (κ3) is 3.92. The highest BCUT2D eigenvalue weighted by atomic mass is 35.5. The average molecular weight is 442 g/mol. The van der Waals surface area contributed by atoms with Crippen LogP contribution < -0.4 is 4.74 Å². The number of ether oxygens (including phenoxy) is 1. The van der Waals surface area contributed by atoms with Crippen molar-refractivity contribution in [3.05, 3.63) is 64.0 Å². The molecule has 3 aliphatic rings. The number of Topliss-reactive ketones (excluding diaryl/α,β-unsaturated/α-hetero) is 2. The van der Waals surface area contributed by atoms with Gasteiger partial charge in [-0.3, -0.25) is 14.4 Å². The first-order chi connectivity index (χ1) is 14.9. The molecule has 1 N–H and O–H groups in total. The van der Waals surface area contributed by atoms with E-state index in [0.717, 1.165) is 17.0 Å². The molecule has 0 fully saturated rings. The zero-order valence-corrected chi connectivity index (χ0v) is 17.9. The number of aliphatic carboxylic acids is 1. The van der Waals surface area contributed by atoms with Gasteiger partial charge in [-0.15, -0.1) is 0 Å². The van der Waals surface area contributed by atoms with Crippen LogP contribution in [-0.4, -0.2) is 40.7 Å². The van der Waals surface area contributed by atoms with Crippen molar-refractivity contribution in [2.45, 2.75) is 44.4 Å². The molecule has 0 aromatic heterocycles. The second-order valence-corrected chi connectivity index (χ2v) is 8.38. The van der Waals surface area contributed by atoms with E-state index in [2.05, 4.69) is 6.58 Å². The molecule has 1 aromatic carbocycles. The van der Waals surface area contributed by atoms with Crippen molar-refractivity contribution in [3.63, 3.8) is 0 Å². The summed E-state index contributed by atoms with van der Waals surface area (Å²) in [5.74, 6) is -1.08. The Hall–Kier alpha value is -2.86. The van der Waals surface area contributed by atoms with Gasteiger partial charge in [-0.2, -0.15) is 0 Å². The molecule has 0 radical (unpaired) electrons. The summed E-state index contributed by atoms with van der Waals surface area (Å²) in [7, 11) is 0. The molecular weight excluding hydrogens is 418 g/mol. The van der Waals surface area contributed by atoms with E-state index in [1.54, 1.807) is 23.1 Å². The SMILES string of the molecule is C=CCOc1ccc(C2C3=C(CCCC3=O)N(CC(=O)O)C3=C2C(=O)CCC3)cc1Cl. The van der Waals surface area contributed by atoms with Crippen LogP contribution in [0.3, 0.4) is 0 Å². The summed E-state index contributed by atoms with van der Waals surface area (Å²) in [5, 5.41) is 9.90. The van der Waals surface area contributed by atoms with E-state index in [-0.39, 0.29) is 18.1 Å². The number of carboxylic acids is 1. The highest BCUT2D eigenvalue weighted by Gasteiger charge is 2.43. The van der Waals surface area contributed by atoms with Crippen molar-refractivity contribution in [2.75, 3.05) is 13.2 Å². The van der Waals surface area contributed by atoms with Gasteiger partial charge in [0.05, 0.1) is 5.02 Å². The summed E-state index contributed by atoms with van der Waals surface area (Å²) >= 11 is 6.46. The fourth-order valence-corrected chi connectivity index (χ4v) is 5.08. The number of allylic oxidation sites excluding steroid dienone is 4. The lowest BCUT2D eigenvalue weighted by Gasteiger charge is -2.43. The van der Waals surface area contributed by atoms with E-state index in [0.29, 0.717) is 67.1 Å². The predicted octanol–water partition coefficient (Wildman–Crippen LogP) is 4.40. The number of carbonyl (C=O) groups is 3. The maximum absolute atomic E-state index is 13.1. The first-order valence-corrected chi connectivity index (χ1v) is 10.8. The van der Waals surface area contributed by atoms with Crippen molar-refractivity contribution in [2.24, 2.45) is 0 Å². The van der Waals surface area contributed by atoms with Crippen molar-refractivity contribution in [1.29, 1.82) is 0 Å². The minimum atomic E-state index is -0.986. The van der Waals surface area contributed by atoms with E-state index in [1.165, 1.54) is 0 Å². The van der Waals surface area contributed by atoms with Crippen molar-refractivity contribution < 1.29 is 24.2 Å². The predicted molar refractivity (Wildman–Crippen MR) is 116 cm³/mol. The van der Waals surface area contributed by atoms with E-state index in [9.17, 15) is 19.5 Å². The van der Waals surface area contributed by atoms with Crippen LogP contribution in [0.5, 0.6) is 5.75 Å². The van der Waals surface area contributed by atoms with Crippen LogP contribution in [0.4, 0.5) is 0 Å². The Morgan fingerprint density at radius 1 is 1.13 bits per heavy atom. The van der Waals surface area contributed by atoms with Gasteiger partial charge in [0.2, 0.25) is 0 Å². The number of carbonyl (C=O) groups excluding carboxylic acids is 2. The van der Waals surface area contributed by atoms with Gasteiger partial charge in [0, 0.05) is 41.3 Å². The maximum atomic E-state index is 13.1. The molecule has 0 spiro atoms. The lowest BCUT2D eigenvalue weighted by Crippen LogP contribution is -2.41. The Morgan fingerprint density at radius 3 is 2.26 bits per heavy atom. The molecule has 1 aliphatic heterocycles. The maximum Gasteiger partial charge on any atom is 0.323 e. The first-order valence-electron chi connectivity index (χ1n) is 10.5.